The predicted molar refractivity (Wildman–Crippen MR) is 111 cm³/mol. The van der Waals surface area contributed by atoms with Crippen molar-refractivity contribution >= 4 is 57.3 Å². The van der Waals surface area contributed by atoms with Crippen LogP contribution in [-0.2, 0) is 15.6 Å². The largest absolute Gasteiger partial charge is 0.382 e. The monoisotopic (exact) mass is 447 g/mol. The Morgan fingerprint density at radius 3 is 2.43 bits per heavy atom. The van der Waals surface area contributed by atoms with Gasteiger partial charge in [0, 0.05) is 6.54 Å². The molecule has 0 radical (unpaired) electrons. The topological polar surface area (TPSA) is 179 Å². The van der Waals surface area contributed by atoms with E-state index >= 15 is 0 Å². The molecule has 2 rings (SSSR count). The van der Waals surface area contributed by atoms with Crippen molar-refractivity contribution in [1.82, 2.24) is 9.97 Å². The minimum Gasteiger partial charge on any atom is -0.382 e. The van der Waals surface area contributed by atoms with Gasteiger partial charge in [-0.15, -0.1) is 12.4 Å². The Morgan fingerprint density at radius 2 is 1.82 bits per heavy atom. The number of carbonyl (C=O) groups is 1. The number of guanidine groups is 1. The molecule has 0 spiro atoms. The Hall–Kier alpha value is -2.63. The number of nitrogens with two attached hydrogens (primary N) is 3. The highest BCUT2D eigenvalue weighted by Gasteiger charge is 2.18. The number of aliphatic imine (C=N–C) groups is 1. The number of benzene rings is 1. The molecule has 0 saturated carbocycles. The molecule has 0 aliphatic heterocycles. The van der Waals surface area contributed by atoms with Crippen molar-refractivity contribution in [2.24, 2.45) is 16.5 Å². The molecule has 0 aliphatic rings. The molecule has 0 unspecified atom stereocenters. The summed E-state index contributed by atoms with van der Waals surface area (Å²) in [4.78, 5) is 22.8. The van der Waals surface area contributed by atoms with Gasteiger partial charge in [0.25, 0.3) is 0 Å². The third-order valence-electron chi connectivity index (χ3n) is 3.25. The fourth-order valence-electron chi connectivity index (χ4n) is 2.09. The molecular weight excluding hydrogens is 429 g/mol. The first-order valence-corrected chi connectivity index (χ1v) is 9.83. The zero-order valence-corrected chi connectivity index (χ0v) is 16.9. The van der Waals surface area contributed by atoms with Gasteiger partial charge in [-0.05, 0) is 5.56 Å². The van der Waals surface area contributed by atoms with Crippen LogP contribution in [0.2, 0.25) is 5.15 Å². The van der Waals surface area contributed by atoms with E-state index in [0.29, 0.717) is 5.56 Å². The van der Waals surface area contributed by atoms with E-state index in [1.165, 1.54) is 0 Å². The first-order valence-electron chi connectivity index (χ1n) is 7.63. The normalized spacial score (nSPS) is 10.6. The van der Waals surface area contributed by atoms with E-state index in [2.05, 4.69) is 20.3 Å². The van der Waals surface area contributed by atoms with E-state index in [1.54, 1.807) is 24.3 Å². The molecule has 28 heavy (non-hydrogen) atoms. The Balaban J connectivity index is 0.00000392. The van der Waals surface area contributed by atoms with Crippen molar-refractivity contribution in [2.45, 2.75) is 5.75 Å². The molecule has 1 aromatic carbocycles. The van der Waals surface area contributed by atoms with Crippen LogP contribution < -0.4 is 22.5 Å². The smallest absolute Gasteiger partial charge is 0.302 e. The number of rotatable bonds is 7. The van der Waals surface area contributed by atoms with Crippen LogP contribution in [0.5, 0.6) is 0 Å². The average molecular weight is 448 g/mol. The molecule has 13 heteroatoms. The number of halogens is 2. The molecular formula is C15H19Cl2N7O3S. The number of sulfone groups is 1. The van der Waals surface area contributed by atoms with Crippen LogP contribution in [-0.4, -0.2) is 42.6 Å². The summed E-state index contributed by atoms with van der Waals surface area (Å²) in [6.07, 6.45) is 0. The van der Waals surface area contributed by atoms with Crippen molar-refractivity contribution in [2.75, 3.05) is 23.3 Å². The van der Waals surface area contributed by atoms with Crippen molar-refractivity contribution in [3.8, 4) is 0 Å². The molecule has 0 bridgehead atoms. The molecule has 0 saturated heterocycles. The number of hydrogen-bond donors (Lipinski definition) is 4. The first-order chi connectivity index (χ1) is 12.7. The molecule has 0 aliphatic carbocycles. The quantitative estimate of drug-likeness (QED) is 0.348. The summed E-state index contributed by atoms with van der Waals surface area (Å²) in [6, 6.07) is 8.82. The van der Waals surface area contributed by atoms with Crippen molar-refractivity contribution < 1.29 is 13.2 Å². The van der Waals surface area contributed by atoms with Gasteiger partial charge in [-0.2, -0.15) is 4.99 Å². The van der Waals surface area contributed by atoms with Gasteiger partial charge in [0.05, 0.1) is 11.5 Å². The lowest BCUT2D eigenvalue weighted by Gasteiger charge is -2.10. The minimum absolute atomic E-state index is 0. The third kappa shape index (κ3) is 6.83. The molecule has 1 aromatic heterocycles. The lowest BCUT2D eigenvalue weighted by atomic mass is 10.2. The predicted octanol–water partition coefficient (Wildman–Crippen LogP) is 0.574. The number of anilines is 2. The Morgan fingerprint density at radius 1 is 1.18 bits per heavy atom. The molecule has 7 N–H and O–H groups in total. The van der Waals surface area contributed by atoms with E-state index in [1.807, 2.05) is 6.07 Å². The lowest BCUT2D eigenvalue weighted by molar-refractivity contribution is 0.0998. The molecule has 10 nitrogen and oxygen atoms in total. The number of carbonyl (C=O) groups excluding carboxylic acids is 1. The maximum Gasteiger partial charge on any atom is 0.302 e. The van der Waals surface area contributed by atoms with Crippen LogP contribution in [0.4, 0.5) is 11.6 Å². The fraction of sp³-hybridized carbons (Fsp3) is 0.200. The van der Waals surface area contributed by atoms with Crippen LogP contribution in [0.15, 0.2) is 35.3 Å². The van der Waals surface area contributed by atoms with Crippen LogP contribution in [0, 0.1) is 0 Å². The summed E-state index contributed by atoms with van der Waals surface area (Å²) in [5.41, 5.74) is 16.3. The molecule has 2 aromatic rings. The maximum atomic E-state index is 12.2. The zero-order chi connectivity index (χ0) is 20.0. The number of hydrogen-bond acceptors (Lipinski definition) is 7. The van der Waals surface area contributed by atoms with E-state index in [0.717, 1.165) is 0 Å². The van der Waals surface area contributed by atoms with E-state index in [4.69, 9.17) is 28.8 Å². The van der Waals surface area contributed by atoms with Crippen LogP contribution in [0.1, 0.15) is 16.1 Å². The van der Waals surface area contributed by atoms with Gasteiger partial charge < -0.3 is 22.5 Å². The Kier molecular flexibility index (Phi) is 8.41. The summed E-state index contributed by atoms with van der Waals surface area (Å²) >= 11 is 5.96. The molecule has 152 valence electrons. The zero-order valence-electron chi connectivity index (χ0n) is 14.5. The Labute approximate surface area is 172 Å². The minimum atomic E-state index is -3.35. The number of nitrogen functional groups attached to an aromatic ring is 1. The highest BCUT2D eigenvalue weighted by Crippen LogP contribution is 2.21. The lowest BCUT2D eigenvalue weighted by Crippen LogP contribution is -2.25. The summed E-state index contributed by atoms with van der Waals surface area (Å²) in [5.74, 6) is -1.78. The standard InChI is InChI=1S/C15H18ClN7O3S.ClH/c16-11-13(22-12(17)10(21-11)14(24)23-15(18)19)20-6-7-27(25,26)8-9-4-2-1-3-5-9;/h1-5H,6-8H2,(H3,17,20,22)(H4,18,19,23,24);1H. The molecule has 1 amide bonds. The number of aromatic nitrogens is 2. The van der Waals surface area contributed by atoms with Gasteiger partial charge in [-0.3, -0.25) is 4.79 Å². The van der Waals surface area contributed by atoms with Crippen molar-refractivity contribution in [1.29, 1.82) is 0 Å². The second kappa shape index (κ2) is 10.1. The second-order valence-corrected chi connectivity index (χ2v) is 7.99. The number of nitrogens with one attached hydrogen (secondary N) is 1. The van der Waals surface area contributed by atoms with Gasteiger partial charge >= 0.3 is 5.91 Å². The van der Waals surface area contributed by atoms with Crippen LogP contribution >= 0.6 is 24.0 Å². The number of amides is 1. The summed E-state index contributed by atoms with van der Waals surface area (Å²) < 4.78 is 24.3. The van der Waals surface area contributed by atoms with Crippen molar-refractivity contribution in [3.05, 3.63) is 46.7 Å². The van der Waals surface area contributed by atoms with E-state index in [-0.39, 0.29) is 52.9 Å². The van der Waals surface area contributed by atoms with Crippen molar-refractivity contribution in [3.63, 3.8) is 0 Å². The van der Waals surface area contributed by atoms with Gasteiger partial charge in [-0.1, -0.05) is 41.9 Å². The Bertz CT molecular complexity index is 965. The highest BCUT2D eigenvalue weighted by molar-refractivity contribution is 7.90. The van der Waals surface area contributed by atoms with Gasteiger partial charge in [0.15, 0.2) is 38.3 Å². The highest BCUT2D eigenvalue weighted by atomic mass is 35.5. The van der Waals surface area contributed by atoms with E-state index < -0.39 is 21.7 Å². The van der Waals surface area contributed by atoms with Gasteiger partial charge in [0.1, 0.15) is 0 Å². The molecule has 0 atom stereocenters. The van der Waals surface area contributed by atoms with Gasteiger partial charge in [0.2, 0.25) is 0 Å². The summed E-state index contributed by atoms with van der Waals surface area (Å²) in [5, 5.41) is 2.57. The second-order valence-electron chi connectivity index (χ2n) is 5.44. The molecule has 0 fully saturated rings. The van der Waals surface area contributed by atoms with Crippen LogP contribution in [0.3, 0.4) is 0 Å². The van der Waals surface area contributed by atoms with Crippen LogP contribution in [0.25, 0.3) is 0 Å². The van der Waals surface area contributed by atoms with Gasteiger partial charge in [-0.25, -0.2) is 18.4 Å². The SMILES string of the molecule is Cl.NC(N)=NC(=O)c1nc(Cl)c(NCCS(=O)(=O)Cc2ccccc2)nc1N. The summed E-state index contributed by atoms with van der Waals surface area (Å²) in [7, 11) is -3.35. The molecule has 1 heterocycles. The summed E-state index contributed by atoms with van der Waals surface area (Å²) in [6.45, 7) is 0.0319. The fourth-order valence-corrected chi connectivity index (χ4v) is 3.54. The average Bonchev–Trinajstić information content (AvgIpc) is 2.57. The number of nitrogens with zero attached hydrogens (tertiary/aromatic N) is 3. The maximum absolute atomic E-state index is 12.2. The third-order valence-corrected chi connectivity index (χ3v) is 5.11. The van der Waals surface area contributed by atoms with E-state index in [9.17, 15) is 13.2 Å². The first kappa shape index (κ1) is 23.4.